The van der Waals surface area contributed by atoms with Crippen LogP contribution < -0.4 is 10.1 Å². The molecule has 1 N–H and O–H groups in total. The third-order valence-electron chi connectivity index (χ3n) is 5.73. The van der Waals surface area contributed by atoms with Gasteiger partial charge in [0, 0.05) is 39.0 Å². The average molecular weight is 474 g/mol. The zero-order chi connectivity index (χ0) is 24.8. The Kier molecular flexibility index (Phi) is 9.54. The number of likely N-dealkylation sites (N-methyl/N-ethyl adjacent to an activating group) is 1. The number of halogens is 3. The minimum atomic E-state index is -4.62. The number of anilines is 1. The molecular formula is C23H34F3N3O4. The molecule has 0 aromatic heterocycles. The first-order valence-corrected chi connectivity index (χ1v) is 11.1. The molecule has 0 aliphatic carbocycles. The van der Waals surface area contributed by atoms with Crippen molar-refractivity contribution in [2.75, 3.05) is 45.7 Å². The molecule has 186 valence electrons. The second-order valence-electron chi connectivity index (χ2n) is 8.64. The number of hydrogen-bond acceptors (Lipinski definition) is 5. The maximum Gasteiger partial charge on any atom is 0.397 e. The van der Waals surface area contributed by atoms with Crippen molar-refractivity contribution >= 4 is 17.5 Å². The molecule has 0 bridgehead atoms. The van der Waals surface area contributed by atoms with E-state index in [4.69, 9.17) is 9.47 Å². The van der Waals surface area contributed by atoms with Crippen molar-refractivity contribution in [1.82, 2.24) is 9.80 Å². The van der Waals surface area contributed by atoms with Crippen LogP contribution in [-0.2, 0) is 9.53 Å². The molecule has 1 aliphatic heterocycles. The zero-order valence-electron chi connectivity index (χ0n) is 19.9. The number of carbonyl (C=O) groups is 2. The van der Waals surface area contributed by atoms with Gasteiger partial charge < -0.3 is 19.7 Å². The van der Waals surface area contributed by atoms with E-state index in [0.717, 1.165) is 19.5 Å². The van der Waals surface area contributed by atoms with E-state index in [1.807, 2.05) is 0 Å². The average Bonchev–Trinajstić information content (AvgIpc) is 2.73. The minimum Gasteiger partial charge on any atom is -0.491 e. The van der Waals surface area contributed by atoms with Crippen molar-refractivity contribution in [2.24, 2.45) is 5.92 Å². The van der Waals surface area contributed by atoms with Gasteiger partial charge in [0.2, 0.25) is 5.91 Å². The topological polar surface area (TPSA) is 71.1 Å². The number of alkyl halides is 3. The summed E-state index contributed by atoms with van der Waals surface area (Å²) in [6, 6.07) is 4.36. The van der Waals surface area contributed by atoms with Gasteiger partial charge in [0.25, 0.3) is 5.91 Å². The molecule has 1 aromatic rings. The van der Waals surface area contributed by atoms with Crippen LogP contribution in [0.5, 0.6) is 5.75 Å². The van der Waals surface area contributed by atoms with Crippen molar-refractivity contribution in [2.45, 2.75) is 51.9 Å². The summed E-state index contributed by atoms with van der Waals surface area (Å²) in [6.07, 6.45) is -5.45. The Bertz CT molecular complexity index is 819. The van der Waals surface area contributed by atoms with Crippen LogP contribution in [-0.4, -0.2) is 80.3 Å². The fourth-order valence-electron chi connectivity index (χ4n) is 3.92. The highest BCUT2D eigenvalue weighted by molar-refractivity contribution is 5.99. The Morgan fingerprint density at radius 1 is 1.27 bits per heavy atom. The van der Waals surface area contributed by atoms with Crippen molar-refractivity contribution in [3.8, 4) is 5.75 Å². The summed E-state index contributed by atoms with van der Waals surface area (Å²) in [4.78, 5) is 28.8. The second kappa shape index (κ2) is 11.7. The fourth-order valence-corrected chi connectivity index (χ4v) is 3.92. The molecule has 33 heavy (non-hydrogen) atoms. The van der Waals surface area contributed by atoms with E-state index in [2.05, 4.69) is 31.0 Å². The molecule has 0 saturated carbocycles. The monoisotopic (exact) mass is 473 g/mol. The SMILES string of the molecule is CCCN1C[C@@H](C)[C@H](OC)CN(C)C(=O)c2cc(NC(=O)CC(F)(F)F)ccc2OC[C@H]1C. The number of carbonyl (C=O) groups excluding carboxylic acids is 2. The van der Waals surface area contributed by atoms with E-state index in [0.29, 0.717) is 18.9 Å². The summed E-state index contributed by atoms with van der Waals surface area (Å²) in [5.74, 6) is -1.11. The predicted octanol–water partition coefficient (Wildman–Crippen LogP) is 3.79. The van der Waals surface area contributed by atoms with Crippen molar-refractivity contribution in [1.29, 1.82) is 0 Å². The molecular weight excluding hydrogens is 439 g/mol. The molecule has 1 aliphatic rings. The quantitative estimate of drug-likeness (QED) is 0.705. The van der Waals surface area contributed by atoms with Crippen molar-refractivity contribution < 1.29 is 32.2 Å². The van der Waals surface area contributed by atoms with Crippen LogP contribution in [0, 0.1) is 5.92 Å². The summed E-state index contributed by atoms with van der Waals surface area (Å²) in [5.41, 5.74) is 0.261. The first-order valence-electron chi connectivity index (χ1n) is 11.1. The number of ether oxygens (including phenoxy) is 2. The van der Waals surface area contributed by atoms with Gasteiger partial charge in [-0.15, -0.1) is 0 Å². The number of hydrogen-bond donors (Lipinski definition) is 1. The Hall–Kier alpha value is -2.33. The molecule has 2 amide bonds. The lowest BCUT2D eigenvalue weighted by Gasteiger charge is -2.35. The number of rotatable bonds is 5. The molecule has 0 unspecified atom stereocenters. The molecule has 1 aromatic carbocycles. The van der Waals surface area contributed by atoms with Crippen LogP contribution in [0.1, 0.15) is 44.0 Å². The van der Waals surface area contributed by atoms with E-state index in [9.17, 15) is 22.8 Å². The molecule has 3 atom stereocenters. The normalized spacial score (nSPS) is 23.2. The van der Waals surface area contributed by atoms with Gasteiger partial charge in [0.05, 0.1) is 11.7 Å². The van der Waals surface area contributed by atoms with E-state index in [1.54, 1.807) is 14.2 Å². The Balaban J connectivity index is 2.37. The molecule has 0 spiro atoms. The molecule has 10 heteroatoms. The number of nitrogens with zero attached hydrogens (tertiary/aromatic N) is 2. The van der Waals surface area contributed by atoms with Gasteiger partial charge in [-0.05, 0) is 44.0 Å². The second-order valence-corrected chi connectivity index (χ2v) is 8.64. The van der Waals surface area contributed by atoms with Gasteiger partial charge in [-0.25, -0.2) is 0 Å². The smallest absolute Gasteiger partial charge is 0.397 e. The van der Waals surface area contributed by atoms with Gasteiger partial charge >= 0.3 is 6.18 Å². The van der Waals surface area contributed by atoms with E-state index in [1.165, 1.54) is 23.1 Å². The highest BCUT2D eigenvalue weighted by Crippen LogP contribution is 2.27. The molecule has 0 saturated heterocycles. The standard InChI is InChI=1S/C23H34F3N3O4/c1-6-9-29-12-15(2)20(32-5)13-28(4)22(31)18-10-17(27-21(30)11-23(24,25)26)7-8-19(18)33-14-16(29)3/h7-8,10,15-16,20H,6,9,11-14H2,1-5H3,(H,27,30)/t15-,16-,20-/m1/s1. The van der Waals surface area contributed by atoms with Crippen LogP contribution >= 0.6 is 0 Å². The lowest BCUT2D eigenvalue weighted by molar-refractivity contribution is -0.150. The number of amides is 2. The van der Waals surface area contributed by atoms with Gasteiger partial charge in [-0.2, -0.15) is 13.2 Å². The highest BCUT2D eigenvalue weighted by Gasteiger charge is 2.32. The van der Waals surface area contributed by atoms with Crippen LogP contribution in [0.2, 0.25) is 0 Å². The van der Waals surface area contributed by atoms with Crippen LogP contribution in [0.3, 0.4) is 0 Å². The van der Waals surface area contributed by atoms with Crippen LogP contribution in [0.15, 0.2) is 18.2 Å². The number of nitrogens with one attached hydrogen (secondary N) is 1. The number of methoxy groups -OCH3 is 1. The first kappa shape index (κ1) is 26.9. The lowest BCUT2D eigenvalue weighted by atomic mass is 10.0. The summed E-state index contributed by atoms with van der Waals surface area (Å²) in [7, 11) is 3.25. The Morgan fingerprint density at radius 3 is 2.58 bits per heavy atom. The predicted molar refractivity (Wildman–Crippen MR) is 119 cm³/mol. The minimum absolute atomic E-state index is 0.0659. The van der Waals surface area contributed by atoms with E-state index < -0.39 is 18.5 Å². The summed E-state index contributed by atoms with van der Waals surface area (Å²) in [6.45, 7) is 8.57. The maximum atomic E-state index is 13.2. The van der Waals surface area contributed by atoms with E-state index in [-0.39, 0.29) is 35.2 Å². The highest BCUT2D eigenvalue weighted by atomic mass is 19.4. The Morgan fingerprint density at radius 2 is 1.97 bits per heavy atom. The third kappa shape index (κ3) is 7.89. The van der Waals surface area contributed by atoms with Gasteiger partial charge in [0.1, 0.15) is 18.8 Å². The fraction of sp³-hybridized carbons (Fsp3) is 0.652. The molecule has 1 heterocycles. The molecule has 0 radical (unpaired) electrons. The third-order valence-corrected chi connectivity index (χ3v) is 5.73. The first-order chi connectivity index (χ1) is 15.4. The molecule has 7 nitrogen and oxygen atoms in total. The largest absolute Gasteiger partial charge is 0.491 e. The van der Waals surface area contributed by atoms with Crippen LogP contribution in [0.25, 0.3) is 0 Å². The van der Waals surface area contributed by atoms with E-state index >= 15 is 0 Å². The van der Waals surface area contributed by atoms with Gasteiger partial charge in [0.15, 0.2) is 0 Å². The Labute approximate surface area is 193 Å². The summed E-state index contributed by atoms with van der Waals surface area (Å²) < 4.78 is 49.2. The lowest BCUT2D eigenvalue weighted by Crippen LogP contribution is -2.46. The number of fused-ring (bicyclic) bond motifs is 1. The summed E-state index contributed by atoms with van der Waals surface area (Å²) in [5, 5.41) is 2.21. The van der Waals surface area contributed by atoms with Gasteiger partial charge in [-0.1, -0.05) is 13.8 Å². The zero-order valence-corrected chi connectivity index (χ0v) is 19.9. The molecule has 0 fully saturated rings. The van der Waals surface area contributed by atoms with Crippen LogP contribution in [0.4, 0.5) is 18.9 Å². The number of benzene rings is 1. The van der Waals surface area contributed by atoms with Crippen molar-refractivity contribution in [3.05, 3.63) is 23.8 Å². The molecule has 2 rings (SSSR count). The summed E-state index contributed by atoms with van der Waals surface area (Å²) >= 11 is 0. The maximum absolute atomic E-state index is 13.2. The van der Waals surface area contributed by atoms with Crippen molar-refractivity contribution in [3.63, 3.8) is 0 Å². The van der Waals surface area contributed by atoms with Gasteiger partial charge in [-0.3, -0.25) is 14.5 Å².